The molecule has 1 saturated carbocycles. The SMILES string of the molecule is CN(C(=O)CSc1nccn1C(C)(C)C)C1CCC(CO)CC1. The summed E-state index contributed by atoms with van der Waals surface area (Å²) in [5.41, 5.74) is -0.0313. The van der Waals surface area contributed by atoms with Crippen molar-refractivity contribution in [2.24, 2.45) is 5.92 Å². The van der Waals surface area contributed by atoms with Crippen molar-refractivity contribution in [3.05, 3.63) is 12.4 Å². The molecule has 1 aliphatic rings. The lowest BCUT2D eigenvalue weighted by Gasteiger charge is -2.34. The average Bonchev–Trinajstić information content (AvgIpc) is 3.01. The fourth-order valence-electron chi connectivity index (χ4n) is 3.05. The van der Waals surface area contributed by atoms with Crippen molar-refractivity contribution in [1.82, 2.24) is 14.5 Å². The third-order valence-electron chi connectivity index (χ3n) is 4.67. The van der Waals surface area contributed by atoms with E-state index in [-0.39, 0.29) is 18.1 Å². The number of hydrogen-bond donors (Lipinski definition) is 1. The Morgan fingerprint density at radius 2 is 2.04 bits per heavy atom. The minimum absolute atomic E-state index is 0.0313. The quantitative estimate of drug-likeness (QED) is 0.838. The Bertz CT molecular complexity index is 516. The molecular weight excluding hydrogens is 310 g/mol. The first-order chi connectivity index (χ1) is 10.8. The second-order valence-corrected chi connectivity index (χ2v) is 8.34. The molecule has 1 N–H and O–H groups in total. The highest BCUT2D eigenvalue weighted by Gasteiger charge is 2.26. The summed E-state index contributed by atoms with van der Waals surface area (Å²) in [6.07, 6.45) is 7.77. The third-order valence-corrected chi connectivity index (χ3v) is 5.62. The number of carbonyl (C=O) groups is 1. The molecule has 130 valence electrons. The molecule has 23 heavy (non-hydrogen) atoms. The summed E-state index contributed by atoms with van der Waals surface area (Å²) >= 11 is 1.51. The van der Waals surface area contributed by atoms with Crippen molar-refractivity contribution in [1.29, 1.82) is 0 Å². The Morgan fingerprint density at radius 1 is 1.39 bits per heavy atom. The normalized spacial score (nSPS) is 22.1. The molecule has 1 aromatic heterocycles. The van der Waals surface area contributed by atoms with E-state index in [1.165, 1.54) is 11.8 Å². The van der Waals surface area contributed by atoms with Crippen LogP contribution in [0.15, 0.2) is 17.6 Å². The number of nitrogens with zero attached hydrogens (tertiary/aromatic N) is 3. The minimum Gasteiger partial charge on any atom is -0.396 e. The summed E-state index contributed by atoms with van der Waals surface area (Å²) < 4.78 is 2.11. The zero-order valence-electron chi connectivity index (χ0n) is 14.7. The lowest BCUT2D eigenvalue weighted by atomic mass is 9.86. The van der Waals surface area contributed by atoms with Crippen LogP contribution in [-0.4, -0.2) is 50.9 Å². The predicted molar refractivity (Wildman–Crippen MR) is 93.5 cm³/mol. The molecule has 0 saturated heterocycles. The van der Waals surface area contributed by atoms with Crippen molar-refractivity contribution in [3.8, 4) is 0 Å². The molecule has 0 aliphatic heterocycles. The van der Waals surface area contributed by atoms with Gasteiger partial charge in [-0.25, -0.2) is 4.98 Å². The van der Waals surface area contributed by atoms with E-state index < -0.39 is 0 Å². The molecule has 2 rings (SSSR count). The number of thioether (sulfide) groups is 1. The lowest BCUT2D eigenvalue weighted by Crippen LogP contribution is -2.40. The van der Waals surface area contributed by atoms with Gasteiger partial charge < -0.3 is 14.6 Å². The molecule has 0 bridgehead atoms. The third kappa shape index (κ3) is 4.73. The number of carbonyl (C=O) groups excluding carboxylic acids is 1. The van der Waals surface area contributed by atoms with Gasteiger partial charge in [0.15, 0.2) is 5.16 Å². The summed E-state index contributed by atoms with van der Waals surface area (Å²) in [7, 11) is 1.91. The highest BCUT2D eigenvalue weighted by atomic mass is 32.2. The van der Waals surface area contributed by atoms with Gasteiger partial charge in [-0.1, -0.05) is 11.8 Å². The van der Waals surface area contributed by atoms with Crippen LogP contribution >= 0.6 is 11.8 Å². The number of rotatable bonds is 5. The van der Waals surface area contributed by atoms with Crippen molar-refractivity contribution < 1.29 is 9.90 Å². The first kappa shape index (κ1) is 18.3. The average molecular weight is 340 g/mol. The predicted octanol–water partition coefficient (Wildman–Crippen LogP) is 2.74. The van der Waals surface area contributed by atoms with Crippen molar-refractivity contribution >= 4 is 17.7 Å². The number of aliphatic hydroxyl groups excluding tert-OH is 1. The van der Waals surface area contributed by atoms with E-state index >= 15 is 0 Å². The monoisotopic (exact) mass is 339 g/mol. The van der Waals surface area contributed by atoms with Crippen LogP contribution in [0.4, 0.5) is 0 Å². The standard InChI is InChI=1S/C17H29N3O2S/c1-17(2,3)20-10-9-18-16(20)23-12-15(22)19(4)14-7-5-13(11-21)6-8-14/h9-10,13-14,21H,5-8,11-12H2,1-4H3. The molecular formula is C17H29N3O2S. The van der Waals surface area contributed by atoms with E-state index in [4.69, 9.17) is 0 Å². The smallest absolute Gasteiger partial charge is 0.233 e. The minimum atomic E-state index is -0.0313. The maximum atomic E-state index is 12.5. The Hall–Kier alpha value is -1.01. The molecule has 6 heteroatoms. The van der Waals surface area contributed by atoms with Crippen LogP contribution in [0.25, 0.3) is 0 Å². The van der Waals surface area contributed by atoms with Crippen LogP contribution in [0.2, 0.25) is 0 Å². The van der Waals surface area contributed by atoms with Gasteiger partial charge in [-0.2, -0.15) is 0 Å². The molecule has 1 heterocycles. The topological polar surface area (TPSA) is 58.4 Å². The molecule has 1 aromatic rings. The van der Waals surface area contributed by atoms with Crippen LogP contribution in [0, 0.1) is 5.92 Å². The first-order valence-corrected chi connectivity index (χ1v) is 9.34. The van der Waals surface area contributed by atoms with Gasteiger partial charge >= 0.3 is 0 Å². The number of amides is 1. The highest BCUT2D eigenvalue weighted by molar-refractivity contribution is 7.99. The van der Waals surface area contributed by atoms with E-state index in [0.717, 1.165) is 30.8 Å². The summed E-state index contributed by atoms with van der Waals surface area (Å²) in [5, 5.41) is 10.1. The van der Waals surface area contributed by atoms with E-state index in [0.29, 0.717) is 17.7 Å². The number of aliphatic hydroxyl groups is 1. The molecule has 0 unspecified atom stereocenters. The van der Waals surface area contributed by atoms with Crippen molar-refractivity contribution in [2.75, 3.05) is 19.4 Å². The van der Waals surface area contributed by atoms with E-state index in [1.54, 1.807) is 6.20 Å². The summed E-state index contributed by atoms with van der Waals surface area (Å²) in [5.74, 6) is 0.998. The molecule has 5 nitrogen and oxygen atoms in total. The second kappa shape index (κ2) is 7.71. The van der Waals surface area contributed by atoms with Gasteiger partial charge in [-0.05, 0) is 52.4 Å². The van der Waals surface area contributed by atoms with Crippen LogP contribution in [-0.2, 0) is 10.3 Å². The summed E-state index contributed by atoms with van der Waals surface area (Å²) in [6.45, 7) is 6.67. The molecule has 0 radical (unpaired) electrons. The molecule has 0 spiro atoms. The fraction of sp³-hybridized carbons (Fsp3) is 0.765. The molecule has 1 fully saturated rings. The van der Waals surface area contributed by atoms with Gasteiger partial charge in [0.2, 0.25) is 5.91 Å². The molecule has 0 atom stereocenters. The zero-order chi connectivity index (χ0) is 17.0. The van der Waals surface area contributed by atoms with Gasteiger partial charge in [0.05, 0.1) is 5.75 Å². The van der Waals surface area contributed by atoms with E-state index in [2.05, 4.69) is 30.3 Å². The number of imidazole rings is 1. The van der Waals surface area contributed by atoms with E-state index in [9.17, 15) is 9.90 Å². The van der Waals surface area contributed by atoms with Gasteiger partial charge in [-0.15, -0.1) is 0 Å². The van der Waals surface area contributed by atoms with E-state index in [1.807, 2.05) is 18.1 Å². The van der Waals surface area contributed by atoms with Gasteiger partial charge in [-0.3, -0.25) is 4.79 Å². The Kier molecular flexibility index (Phi) is 6.14. The van der Waals surface area contributed by atoms with Gasteiger partial charge in [0, 0.05) is 37.6 Å². The van der Waals surface area contributed by atoms with Crippen LogP contribution < -0.4 is 0 Å². The first-order valence-electron chi connectivity index (χ1n) is 8.36. The molecule has 0 aromatic carbocycles. The lowest BCUT2D eigenvalue weighted by molar-refractivity contribution is -0.129. The number of aromatic nitrogens is 2. The Balaban J connectivity index is 1.87. The summed E-state index contributed by atoms with van der Waals surface area (Å²) in [4.78, 5) is 18.7. The van der Waals surface area contributed by atoms with Gasteiger partial charge in [0.25, 0.3) is 0 Å². The number of hydrogen-bond acceptors (Lipinski definition) is 4. The molecule has 1 amide bonds. The molecule has 1 aliphatic carbocycles. The van der Waals surface area contributed by atoms with Crippen molar-refractivity contribution in [3.63, 3.8) is 0 Å². The Labute approximate surface area is 143 Å². The van der Waals surface area contributed by atoms with Crippen molar-refractivity contribution in [2.45, 2.75) is 63.2 Å². The van der Waals surface area contributed by atoms with Crippen LogP contribution in [0.3, 0.4) is 0 Å². The fourth-order valence-corrected chi connectivity index (χ4v) is 4.12. The van der Waals surface area contributed by atoms with Gasteiger partial charge in [0.1, 0.15) is 0 Å². The zero-order valence-corrected chi connectivity index (χ0v) is 15.5. The maximum absolute atomic E-state index is 12.5. The second-order valence-electron chi connectivity index (χ2n) is 7.40. The maximum Gasteiger partial charge on any atom is 0.233 e. The summed E-state index contributed by atoms with van der Waals surface area (Å²) in [6, 6.07) is 0.313. The highest BCUT2D eigenvalue weighted by Crippen LogP contribution is 2.28. The van der Waals surface area contributed by atoms with Crippen LogP contribution in [0.1, 0.15) is 46.5 Å². The Morgan fingerprint density at radius 3 is 2.61 bits per heavy atom. The van der Waals surface area contributed by atoms with Crippen LogP contribution in [0.5, 0.6) is 0 Å². The largest absolute Gasteiger partial charge is 0.396 e.